The van der Waals surface area contributed by atoms with Crippen LogP contribution >= 0.6 is 0 Å². The molecule has 0 unspecified atom stereocenters. The smallest absolute Gasteiger partial charge is 0.417 e. The first-order valence-corrected chi connectivity index (χ1v) is 8.10. The van der Waals surface area contributed by atoms with Gasteiger partial charge >= 0.3 is 6.18 Å². The van der Waals surface area contributed by atoms with Gasteiger partial charge in [0.05, 0.1) is 16.7 Å². The van der Waals surface area contributed by atoms with Crippen LogP contribution in [0.3, 0.4) is 0 Å². The molecule has 29 heavy (non-hydrogen) atoms. The Hall–Kier alpha value is -3.95. The van der Waals surface area contributed by atoms with Crippen molar-refractivity contribution >= 4 is 17.8 Å². The molecule has 0 aliphatic rings. The fourth-order valence-corrected chi connectivity index (χ4v) is 2.49. The molecule has 2 aromatic carbocycles. The van der Waals surface area contributed by atoms with Crippen molar-refractivity contribution in [3.63, 3.8) is 0 Å². The van der Waals surface area contributed by atoms with Crippen molar-refractivity contribution < 1.29 is 27.3 Å². The molecule has 3 rings (SSSR count). The number of rotatable bonds is 5. The number of nitro benzene ring substituents is 1. The van der Waals surface area contributed by atoms with E-state index in [0.717, 1.165) is 18.3 Å². The van der Waals surface area contributed by atoms with E-state index in [4.69, 9.17) is 4.42 Å². The molecule has 0 aliphatic heterocycles. The maximum Gasteiger partial charge on any atom is 0.417 e. The van der Waals surface area contributed by atoms with Gasteiger partial charge < -0.3 is 4.42 Å². The molecule has 0 atom stereocenters. The van der Waals surface area contributed by atoms with Gasteiger partial charge in [0.2, 0.25) is 0 Å². The largest absolute Gasteiger partial charge is 0.455 e. The molecule has 0 saturated heterocycles. The molecule has 0 radical (unpaired) electrons. The van der Waals surface area contributed by atoms with Crippen LogP contribution in [0.4, 0.5) is 18.9 Å². The normalized spacial score (nSPS) is 11.6. The molecule has 7 nitrogen and oxygen atoms in total. The highest BCUT2D eigenvalue weighted by Gasteiger charge is 2.34. The number of nitro groups is 1. The second-order valence-corrected chi connectivity index (χ2v) is 5.75. The highest BCUT2D eigenvalue weighted by molar-refractivity contribution is 5.95. The number of halogens is 3. The van der Waals surface area contributed by atoms with Gasteiger partial charge in [-0.25, -0.2) is 5.43 Å². The lowest BCUT2D eigenvalue weighted by molar-refractivity contribution is -0.384. The highest BCUT2D eigenvalue weighted by Crippen LogP contribution is 2.37. The number of hydrazone groups is 1. The van der Waals surface area contributed by atoms with E-state index in [1.165, 1.54) is 48.5 Å². The number of carbonyl (C=O) groups is 1. The number of nitrogens with zero attached hydrogens (tertiary/aromatic N) is 2. The third kappa shape index (κ3) is 4.67. The third-order valence-electron chi connectivity index (χ3n) is 3.80. The van der Waals surface area contributed by atoms with Crippen molar-refractivity contribution in [1.82, 2.24) is 5.43 Å². The second kappa shape index (κ2) is 7.97. The Morgan fingerprint density at radius 1 is 1.10 bits per heavy atom. The monoisotopic (exact) mass is 403 g/mol. The summed E-state index contributed by atoms with van der Waals surface area (Å²) in [6.45, 7) is 0. The van der Waals surface area contributed by atoms with Crippen LogP contribution in [0, 0.1) is 10.1 Å². The van der Waals surface area contributed by atoms with Crippen molar-refractivity contribution in [2.24, 2.45) is 5.10 Å². The SMILES string of the molecule is O=C(N/N=C\c1ccc(-c2ccccc2C(F)(F)F)o1)c1cccc([N+](=O)[O-])c1. The van der Waals surface area contributed by atoms with Crippen molar-refractivity contribution in [2.45, 2.75) is 6.18 Å². The minimum Gasteiger partial charge on any atom is -0.455 e. The second-order valence-electron chi connectivity index (χ2n) is 5.75. The number of benzene rings is 2. The molecule has 3 aromatic rings. The fourth-order valence-electron chi connectivity index (χ4n) is 2.49. The van der Waals surface area contributed by atoms with E-state index in [2.05, 4.69) is 10.5 Å². The summed E-state index contributed by atoms with van der Waals surface area (Å²) in [6.07, 6.45) is -3.43. The summed E-state index contributed by atoms with van der Waals surface area (Å²) in [4.78, 5) is 22.1. The Morgan fingerprint density at radius 3 is 2.59 bits per heavy atom. The first-order chi connectivity index (χ1) is 13.8. The summed E-state index contributed by atoms with van der Waals surface area (Å²) in [5.74, 6) is -0.597. The number of furan rings is 1. The number of amides is 1. The minimum atomic E-state index is -4.54. The number of non-ortho nitro benzene ring substituents is 1. The summed E-state index contributed by atoms with van der Waals surface area (Å²) in [5.41, 5.74) is 0.979. The minimum absolute atomic E-state index is 0.00983. The van der Waals surface area contributed by atoms with Crippen LogP contribution in [-0.2, 0) is 6.18 Å². The van der Waals surface area contributed by atoms with Crippen molar-refractivity contribution in [2.75, 3.05) is 0 Å². The lowest BCUT2D eigenvalue weighted by atomic mass is 10.1. The van der Waals surface area contributed by atoms with Crippen LogP contribution in [-0.4, -0.2) is 17.0 Å². The number of hydrogen-bond donors (Lipinski definition) is 1. The number of nitrogens with one attached hydrogen (secondary N) is 1. The van der Waals surface area contributed by atoms with Crippen LogP contribution in [0.25, 0.3) is 11.3 Å². The fraction of sp³-hybridized carbons (Fsp3) is 0.0526. The summed E-state index contributed by atoms with van der Waals surface area (Å²) in [6, 6.07) is 12.8. The van der Waals surface area contributed by atoms with E-state index in [-0.39, 0.29) is 28.3 Å². The standard InChI is InChI=1S/C19H12F3N3O4/c20-19(21,22)16-7-2-1-6-15(16)17-9-8-14(29-17)11-23-24-18(26)12-4-3-5-13(10-12)25(27)28/h1-11H,(H,24,26)/b23-11-. The lowest BCUT2D eigenvalue weighted by Gasteiger charge is -2.10. The Bertz CT molecular complexity index is 1090. The molecular weight excluding hydrogens is 391 g/mol. The molecular formula is C19H12F3N3O4. The molecule has 0 spiro atoms. The summed E-state index contributed by atoms with van der Waals surface area (Å²) >= 11 is 0. The number of carbonyl (C=O) groups excluding carboxylic acids is 1. The molecule has 1 amide bonds. The predicted molar refractivity (Wildman–Crippen MR) is 97.3 cm³/mol. The van der Waals surface area contributed by atoms with Gasteiger partial charge in [-0.05, 0) is 24.3 Å². The van der Waals surface area contributed by atoms with Crippen molar-refractivity contribution in [1.29, 1.82) is 0 Å². The molecule has 1 heterocycles. The van der Waals surface area contributed by atoms with E-state index in [1.54, 1.807) is 0 Å². The molecule has 1 N–H and O–H groups in total. The Morgan fingerprint density at radius 2 is 1.86 bits per heavy atom. The number of hydrogen-bond acceptors (Lipinski definition) is 5. The Balaban J connectivity index is 1.73. The van der Waals surface area contributed by atoms with Crippen LogP contribution in [0.1, 0.15) is 21.7 Å². The van der Waals surface area contributed by atoms with Gasteiger partial charge in [-0.3, -0.25) is 14.9 Å². The zero-order chi connectivity index (χ0) is 21.0. The number of alkyl halides is 3. The van der Waals surface area contributed by atoms with E-state index in [1.807, 2.05) is 0 Å². The van der Waals surface area contributed by atoms with Gasteiger partial charge in [0.15, 0.2) is 0 Å². The molecule has 0 aliphatic carbocycles. The average molecular weight is 403 g/mol. The van der Waals surface area contributed by atoms with E-state index >= 15 is 0 Å². The quantitative estimate of drug-likeness (QED) is 0.381. The summed E-state index contributed by atoms with van der Waals surface area (Å²) in [7, 11) is 0. The average Bonchev–Trinajstić information content (AvgIpc) is 3.16. The maximum atomic E-state index is 13.1. The van der Waals surface area contributed by atoms with Crippen molar-refractivity contribution in [3.8, 4) is 11.3 Å². The van der Waals surface area contributed by atoms with Gasteiger partial charge in [-0.2, -0.15) is 18.3 Å². The van der Waals surface area contributed by atoms with Gasteiger partial charge in [-0.1, -0.05) is 24.3 Å². The molecule has 10 heteroatoms. The van der Waals surface area contributed by atoms with Crippen molar-refractivity contribution in [3.05, 3.63) is 87.7 Å². The topological polar surface area (TPSA) is 97.7 Å². The zero-order valence-corrected chi connectivity index (χ0v) is 14.5. The first-order valence-electron chi connectivity index (χ1n) is 8.10. The molecule has 0 saturated carbocycles. The summed E-state index contributed by atoms with van der Waals surface area (Å²) < 4.78 is 44.7. The zero-order valence-electron chi connectivity index (χ0n) is 14.5. The first kappa shape index (κ1) is 19.8. The van der Waals surface area contributed by atoms with E-state index < -0.39 is 22.6 Å². The lowest BCUT2D eigenvalue weighted by Crippen LogP contribution is -2.17. The Kier molecular flexibility index (Phi) is 5.44. The maximum absolute atomic E-state index is 13.1. The highest BCUT2D eigenvalue weighted by atomic mass is 19.4. The van der Waals surface area contributed by atoms with Crippen LogP contribution in [0.15, 0.2) is 70.2 Å². The van der Waals surface area contributed by atoms with Gasteiger partial charge in [0.1, 0.15) is 11.5 Å². The van der Waals surface area contributed by atoms with Gasteiger partial charge in [0.25, 0.3) is 11.6 Å². The molecule has 1 aromatic heterocycles. The van der Waals surface area contributed by atoms with Gasteiger partial charge in [-0.15, -0.1) is 0 Å². The van der Waals surface area contributed by atoms with E-state index in [9.17, 15) is 28.1 Å². The van der Waals surface area contributed by atoms with Crippen LogP contribution in [0.2, 0.25) is 0 Å². The molecule has 0 fully saturated rings. The third-order valence-corrected chi connectivity index (χ3v) is 3.80. The molecule has 148 valence electrons. The summed E-state index contributed by atoms with van der Waals surface area (Å²) in [5, 5.41) is 14.4. The van der Waals surface area contributed by atoms with E-state index in [0.29, 0.717) is 0 Å². The predicted octanol–water partition coefficient (Wildman–Crippen LogP) is 4.64. The van der Waals surface area contributed by atoms with Crippen LogP contribution in [0.5, 0.6) is 0 Å². The Labute approximate surface area is 161 Å². The molecule has 0 bridgehead atoms. The van der Waals surface area contributed by atoms with Crippen LogP contribution < -0.4 is 5.43 Å². The van der Waals surface area contributed by atoms with Gasteiger partial charge in [0, 0.05) is 23.3 Å².